The molecule has 9 nitrogen and oxygen atoms in total. The molecule has 0 bridgehead atoms. The average molecular weight is 674 g/mol. The number of piperidine rings is 1. The van der Waals surface area contributed by atoms with Crippen molar-refractivity contribution in [3.63, 3.8) is 0 Å². The summed E-state index contributed by atoms with van der Waals surface area (Å²) in [7, 11) is 0. The fraction of sp³-hybridized carbons (Fsp3) is 0.390. The Morgan fingerprint density at radius 3 is 2.26 bits per heavy atom. The van der Waals surface area contributed by atoms with E-state index in [1.54, 1.807) is 4.90 Å². The molecule has 3 fully saturated rings. The van der Waals surface area contributed by atoms with E-state index in [-0.39, 0.29) is 43.3 Å². The van der Waals surface area contributed by atoms with E-state index in [9.17, 15) is 14.4 Å². The van der Waals surface area contributed by atoms with Gasteiger partial charge in [0.25, 0.3) is 0 Å². The molecule has 7 rings (SSSR count). The lowest BCUT2D eigenvalue weighted by Crippen LogP contribution is -2.66. The van der Waals surface area contributed by atoms with Gasteiger partial charge in [0.15, 0.2) is 0 Å². The van der Waals surface area contributed by atoms with Crippen LogP contribution in [-0.2, 0) is 32.1 Å². The lowest BCUT2D eigenvalue weighted by atomic mass is 9.95. The van der Waals surface area contributed by atoms with Gasteiger partial charge in [-0.25, -0.2) is 0 Å². The van der Waals surface area contributed by atoms with Crippen LogP contribution < -0.4 is 16.0 Å². The Hall–Kier alpha value is -4.57. The summed E-state index contributed by atoms with van der Waals surface area (Å²) in [5.74, 6) is -0.0746. The maximum Gasteiger partial charge on any atom is 0.246 e. The van der Waals surface area contributed by atoms with Crippen LogP contribution >= 0.6 is 0 Å². The molecule has 0 unspecified atom stereocenters. The van der Waals surface area contributed by atoms with E-state index < -0.39 is 12.1 Å². The van der Waals surface area contributed by atoms with Gasteiger partial charge in [0, 0.05) is 32.6 Å². The first-order valence-electron chi connectivity index (χ1n) is 18.0. The molecular weight excluding hydrogens is 626 g/mol. The lowest BCUT2D eigenvalue weighted by Gasteiger charge is -2.42. The maximum absolute atomic E-state index is 14.5. The van der Waals surface area contributed by atoms with Crippen LogP contribution in [0.1, 0.15) is 30.4 Å². The monoisotopic (exact) mass is 673 g/mol. The van der Waals surface area contributed by atoms with Crippen molar-refractivity contribution in [3.05, 3.63) is 108 Å². The van der Waals surface area contributed by atoms with Crippen molar-refractivity contribution in [3.8, 4) is 11.1 Å². The summed E-state index contributed by atoms with van der Waals surface area (Å²) >= 11 is 0. The Morgan fingerprint density at radius 2 is 1.50 bits per heavy atom. The number of hydrogen-bond donors (Lipinski definition) is 3. The molecule has 50 heavy (non-hydrogen) atoms. The summed E-state index contributed by atoms with van der Waals surface area (Å²) < 4.78 is 5.89. The molecule has 3 aliphatic rings. The standard InChI is InChI=1S/C41H47N5O4/c47-39(24-36-25-43-20-21-50-36)45(26-30-16-18-42-19-17-30)28-38-40(48)44-37(23-31-12-15-33-8-4-5-9-35(33)22-31)41(49)46(38)27-29-10-13-34(14-11-29)32-6-2-1-3-7-32/h1-15,22,30,36-38,42-43H,16-21,23-28H2,(H,44,48)/t36-,37+,38+/m1/s1. The first kappa shape index (κ1) is 33.9. The molecule has 3 amide bonds. The van der Waals surface area contributed by atoms with Crippen LogP contribution in [0.3, 0.4) is 0 Å². The number of piperazine rings is 1. The second kappa shape index (κ2) is 16.0. The highest BCUT2D eigenvalue weighted by Gasteiger charge is 2.42. The molecule has 3 aliphatic heterocycles. The topological polar surface area (TPSA) is 103 Å². The third-order valence-electron chi connectivity index (χ3n) is 10.3. The van der Waals surface area contributed by atoms with Crippen molar-refractivity contribution < 1.29 is 19.1 Å². The normalized spacial score (nSPS) is 21.6. The second-order valence-electron chi connectivity index (χ2n) is 13.9. The summed E-state index contributed by atoms with van der Waals surface area (Å²) in [6.45, 7) is 4.75. The first-order chi connectivity index (χ1) is 24.5. The molecule has 0 radical (unpaired) electrons. The van der Waals surface area contributed by atoms with E-state index >= 15 is 0 Å². The number of nitrogens with one attached hydrogen (secondary N) is 3. The average Bonchev–Trinajstić information content (AvgIpc) is 3.16. The van der Waals surface area contributed by atoms with E-state index in [0.717, 1.165) is 65.5 Å². The van der Waals surface area contributed by atoms with Crippen molar-refractivity contribution in [1.82, 2.24) is 25.8 Å². The first-order valence-corrected chi connectivity index (χ1v) is 18.0. The van der Waals surface area contributed by atoms with E-state index in [2.05, 4.69) is 64.5 Å². The van der Waals surface area contributed by atoms with E-state index in [0.29, 0.717) is 32.0 Å². The minimum absolute atomic E-state index is 0.0390. The summed E-state index contributed by atoms with van der Waals surface area (Å²) in [5, 5.41) is 12.0. The molecule has 0 aliphatic carbocycles. The predicted octanol–water partition coefficient (Wildman–Crippen LogP) is 4.15. The molecule has 3 heterocycles. The molecule has 0 spiro atoms. The highest BCUT2D eigenvalue weighted by molar-refractivity contribution is 5.97. The van der Waals surface area contributed by atoms with Crippen LogP contribution in [0.5, 0.6) is 0 Å². The number of amides is 3. The Morgan fingerprint density at radius 1 is 0.780 bits per heavy atom. The molecule has 3 atom stereocenters. The fourth-order valence-corrected chi connectivity index (χ4v) is 7.50. The number of carbonyl (C=O) groups excluding carboxylic acids is 3. The SMILES string of the molecule is O=C1N[C@@H](Cc2ccc3ccccc3c2)C(=O)N(Cc2ccc(-c3ccccc3)cc2)[C@H]1CN(CC1CCNCC1)C(=O)C[C@@H]1CNCCO1. The second-order valence-corrected chi connectivity index (χ2v) is 13.9. The van der Waals surface area contributed by atoms with Crippen molar-refractivity contribution in [1.29, 1.82) is 0 Å². The largest absolute Gasteiger partial charge is 0.375 e. The quantitative estimate of drug-likeness (QED) is 0.221. The Labute approximate surface area is 294 Å². The number of carbonyl (C=O) groups is 3. The molecule has 9 heteroatoms. The van der Waals surface area contributed by atoms with Gasteiger partial charge in [0.1, 0.15) is 12.1 Å². The molecule has 260 valence electrons. The van der Waals surface area contributed by atoms with Gasteiger partial charge in [-0.1, -0.05) is 97.1 Å². The molecule has 4 aromatic carbocycles. The van der Waals surface area contributed by atoms with Crippen molar-refractivity contribution in [2.45, 2.75) is 50.4 Å². The van der Waals surface area contributed by atoms with Gasteiger partial charge in [0.2, 0.25) is 17.7 Å². The highest BCUT2D eigenvalue weighted by Crippen LogP contribution is 2.25. The number of morpholine rings is 1. The summed E-state index contributed by atoms with van der Waals surface area (Å²) in [5.41, 5.74) is 4.11. The van der Waals surface area contributed by atoms with E-state index in [1.165, 1.54) is 0 Å². The number of ether oxygens (including phenoxy) is 1. The third-order valence-corrected chi connectivity index (χ3v) is 10.3. The van der Waals surface area contributed by atoms with Gasteiger partial charge in [-0.2, -0.15) is 0 Å². The van der Waals surface area contributed by atoms with Gasteiger partial charge < -0.3 is 30.5 Å². The fourth-order valence-electron chi connectivity index (χ4n) is 7.50. The Kier molecular flexibility index (Phi) is 10.8. The summed E-state index contributed by atoms with van der Waals surface area (Å²) in [6, 6.07) is 31.2. The van der Waals surface area contributed by atoms with Crippen molar-refractivity contribution >= 4 is 28.5 Å². The van der Waals surface area contributed by atoms with Crippen LogP contribution in [-0.4, -0.2) is 91.6 Å². The number of rotatable bonds is 11. The zero-order valence-electron chi connectivity index (χ0n) is 28.6. The van der Waals surface area contributed by atoms with Gasteiger partial charge in [-0.15, -0.1) is 0 Å². The zero-order valence-corrected chi connectivity index (χ0v) is 28.6. The summed E-state index contributed by atoms with van der Waals surface area (Å²) in [6.07, 6.45) is 2.35. The number of nitrogens with zero attached hydrogens (tertiary/aromatic N) is 2. The zero-order chi connectivity index (χ0) is 34.3. The third kappa shape index (κ3) is 8.24. The number of fused-ring (bicyclic) bond motifs is 1. The Bertz CT molecular complexity index is 1770. The molecule has 3 saturated heterocycles. The van der Waals surface area contributed by atoms with E-state index in [1.807, 2.05) is 53.4 Å². The molecule has 0 saturated carbocycles. The van der Waals surface area contributed by atoms with Crippen molar-refractivity contribution in [2.75, 3.05) is 45.9 Å². The number of benzene rings is 4. The predicted molar refractivity (Wildman–Crippen MR) is 195 cm³/mol. The van der Waals surface area contributed by atoms with Crippen molar-refractivity contribution in [2.24, 2.45) is 5.92 Å². The highest BCUT2D eigenvalue weighted by atomic mass is 16.5. The van der Waals surface area contributed by atoms with Gasteiger partial charge in [0.05, 0.1) is 25.7 Å². The summed E-state index contributed by atoms with van der Waals surface area (Å²) in [4.78, 5) is 46.1. The molecule has 0 aromatic heterocycles. The molecular formula is C41H47N5O4. The van der Waals surface area contributed by atoms with Crippen LogP contribution in [0.15, 0.2) is 97.1 Å². The lowest BCUT2D eigenvalue weighted by molar-refractivity contribution is -0.152. The maximum atomic E-state index is 14.5. The Balaban J connectivity index is 1.15. The number of hydrogen-bond acceptors (Lipinski definition) is 6. The van der Waals surface area contributed by atoms with Crippen LogP contribution in [0.2, 0.25) is 0 Å². The van der Waals surface area contributed by atoms with Gasteiger partial charge >= 0.3 is 0 Å². The van der Waals surface area contributed by atoms with Gasteiger partial charge in [-0.05, 0) is 64.9 Å². The van der Waals surface area contributed by atoms with E-state index in [4.69, 9.17) is 4.74 Å². The minimum atomic E-state index is -0.819. The van der Waals surface area contributed by atoms with Gasteiger partial charge in [-0.3, -0.25) is 14.4 Å². The molecule has 4 aromatic rings. The van der Waals surface area contributed by atoms with Crippen LogP contribution in [0.4, 0.5) is 0 Å². The van der Waals surface area contributed by atoms with Crippen LogP contribution in [0, 0.1) is 5.92 Å². The van der Waals surface area contributed by atoms with Crippen LogP contribution in [0.25, 0.3) is 21.9 Å². The minimum Gasteiger partial charge on any atom is -0.375 e. The smallest absolute Gasteiger partial charge is 0.246 e. The molecule has 3 N–H and O–H groups in total.